The van der Waals surface area contributed by atoms with Gasteiger partial charge in [0.2, 0.25) is 5.91 Å². The van der Waals surface area contributed by atoms with Crippen molar-refractivity contribution in [3.8, 4) is 0 Å². The normalized spacial score (nSPS) is 17.0. The van der Waals surface area contributed by atoms with Crippen molar-refractivity contribution in [2.75, 3.05) is 11.1 Å². The highest BCUT2D eigenvalue weighted by Crippen LogP contribution is 2.38. The number of carbonyl (C=O) groups is 1. The first-order valence-corrected chi connectivity index (χ1v) is 10.4. The quantitative estimate of drug-likeness (QED) is 0.606. The smallest absolute Gasteiger partial charge is 0.247 e. The number of thioether (sulfide) groups is 1. The molecule has 144 valence electrons. The Morgan fingerprint density at radius 1 is 1.25 bits per heavy atom. The molecular formula is C21H20ClN3O2S. The molecule has 2 atom stereocenters. The number of nitrogens with zero attached hydrogens (tertiary/aromatic N) is 1. The molecule has 1 aliphatic rings. The Labute approximate surface area is 172 Å². The Balaban J connectivity index is 1.62. The lowest BCUT2D eigenvalue weighted by molar-refractivity contribution is -0.118. The largest absolute Gasteiger partial charge is 0.360 e. The van der Waals surface area contributed by atoms with Gasteiger partial charge in [-0.2, -0.15) is 0 Å². The van der Waals surface area contributed by atoms with Crippen LogP contribution in [0.1, 0.15) is 35.4 Å². The molecule has 0 saturated carbocycles. The van der Waals surface area contributed by atoms with Crippen molar-refractivity contribution in [2.24, 2.45) is 0 Å². The minimum atomic E-state index is -0.530. The number of rotatable bonds is 5. The molecule has 1 amide bonds. The first-order valence-electron chi connectivity index (χ1n) is 9.07. The van der Waals surface area contributed by atoms with Crippen molar-refractivity contribution in [2.45, 2.75) is 30.3 Å². The molecule has 2 N–H and O–H groups in total. The SMILES string of the molecule is Cc1cc(NC(=O)C(NC2CCSc3ccc(Cl)cc32)c2ccccc2)no1. The topological polar surface area (TPSA) is 67.2 Å². The second kappa shape index (κ2) is 8.39. The maximum Gasteiger partial charge on any atom is 0.247 e. The summed E-state index contributed by atoms with van der Waals surface area (Å²) < 4.78 is 5.06. The molecule has 1 aliphatic heterocycles. The molecule has 3 aromatic rings. The van der Waals surface area contributed by atoms with E-state index in [4.69, 9.17) is 16.1 Å². The van der Waals surface area contributed by atoms with Gasteiger partial charge in [0, 0.05) is 22.0 Å². The summed E-state index contributed by atoms with van der Waals surface area (Å²) in [4.78, 5) is 14.3. The number of amides is 1. The average Bonchev–Trinajstić information content (AvgIpc) is 3.11. The van der Waals surface area contributed by atoms with Gasteiger partial charge in [0.05, 0.1) is 0 Å². The minimum Gasteiger partial charge on any atom is -0.360 e. The van der Waals surface area contributed by atoms with Crippen LogP contribution in [0.4, 0.5) is 5.82 Å². The Morgan fingerprint density at radius 2 is 2.07 bits per heavy atom. The van der Waals surface area contributed by atoms with Crippen LogP contribution in [0, 0.1) is 6.92 Å². The highest BCUT2D eigenvalue weighted by atomic mass is 35.5. The molecule has 0 radical (unpaired) electrons. The third-order valence-corrected chi connectivity index (χ3v) is 6.01. The highest BCUT2D eigenvalue weighted by Gasteiger charge is 2.28. The van der Waals surface area contributed by atoms with Gasteiger partial charge < -0.3 is 9.84 Å². The molecule has 7 heteroatoms. The molecule has 2 heterocycles. The van der Waals surface area contributed by atoms with E-state index in [9.17, 15) is 4.79 Å². The molecule has 0 spiro atoms. The van der Waals surface area contributed by atoms with Crippen LogP contribution in [0.3, 0.4) is 0 Å². The summed E-state index contributed by atoms with van der Waals surface area (Å²) >= 11 is 8.05. The van der Waals surface area contributed by atoms with E-state index in [-0.39, 0.29) is 11.9 Å². The van der Waals surface area contributed by atoms with E-state index < -0.39 is 6.04 Å². The fraction of sp³-hybridized carbons (Fsp3) is 0.238. The number of hydrogen-bond acceptors (Lipinski definition) is 5. The summed E-state index contributed by atoms with van der Waals surface area (Å²) in [6, 6.07) is 16.8. The fourth-order valence-corrected chi connectivity index (χ4v) is 4.62. The Kier molecular flexibility index (Phi) is 5.71. The number of nitrogens with one attached hydrogen (secondary N) is 2. The molecular weight excluding hydrogens is 394 g/mol. The van der Waals surface area contributed by atoms with Gasteiger partial charge in [-0.3, -0.25) is 10.1 Å². The maximum atomic E-state index is 13.1. The van der Waals surface area contributed by atoms with Crippen LogP contribution in [0.5, 0.6) is 0 Å². The third-order valence-electron chi connectivity index (χ3n) is 4.65. The van der Waals surface area contributed by atoms with Crippen molar-refractivity contribution in [1.29, 1.82) is 0 Å². The average molecular weight is 414 g/mol. The van der Waals surface area contributed by atoms with Gasteiger partial charge in [0.25, 0.3) is 0 Å². The Morgan fingerprint density at radius 3 is 2.82 bits per heavy atom. The van der Waals surface area contributed by atoms with Gasteiger partial charge in [0.1, 0.15) is 11.8 Å². The van der Waals surface area contributed by atoms with Crippen LogP contribution >= 0.6 is 23.4 Å². The summed E-state index contributed by atoms with van der Waals surface area (Å²) in [7, 11) is 0. The summed E-state index contributed by atoms with van der Waals surface area (Å²) in [5.41, 5.74) is 2.02. The zero-order chi connectivity index (χ0) is 19.5. The van der Waals surface area contributed by atoms with Crippen molar-refractivity contribution in [3.63, 3.8) is 0 Å². The molecule has 4 rings (SSSR count). The van der Waals surface area contributed by atoms with E-state index in [0.717, 1.165) is 23.3 Å². The predicted octanol–water partition coefficient (Wildman–Crippen LogP) is 5.14. The zero-order valence-electron chi connectivity index (χ0n) is 15.3. The van der Waals surface area contributed by atoms with Crippen molar-refractivity contribution in [3.05, 3.63) is 76.5 Å². The van der Waals surface area contributed by atoms with Crippen LogP contribution in [0.2, 0.25) is 5.02 Å². The molecule has 5 nitrogen and oxygen atoms in total. The molecule has 28 heavy (non-hydrogen) atoms. The number of aromatic nitrogens is 1. The van der Waals surface area contributed by atoms with E-state index in [0.29, 0.717) is 16.6 Å². The number of hydrogen-bond donors (Lipinski definition) is 2. The summed E-state index contributed by atoms with van der Waals surface area (Å²) in [5, 5.41) is 11.0. The fourth-order valence-electron chi connectivity index (χ4n) is 3.33. The molecule has 0 aliphatic carbocycles. The second-order valence-electron chi connectivity index (χ2n) is 6.69. The van der Waals surface area contributed by atoms with E-state index in [1.807, 2.05) is 60.3 Å². The predicted molar refractivity (Wildman–Crippen MR) is 112 cm³/mol. The lowest BCUT2D eigenvalue weighted by Crippen LogP contribution is -2.36. The standard InChI is InChI=1S/C21H20ClN3O2S/c1-13-11-19(25-27-13)24-21(26)20(14-5-3-2-4-6-14)23-17-9-10-28-18-8-7-15(22)12-16(17)18/h2-8,11-12,17,20,23H,9-10H2,1H3,(H,24,25,26). The first kappa shape index (κ1) is 19.1. The lowest BCUT2D eigenvalue weighted by Gasteiger charge is -2.30. The lowest BCUT2D eigenvalue weighted by atomic mass is 9.99. The second-order valence-corrected chi connectivity index (χ2v) is 8.27. The van der Waals surface area contributed by atoms with Gasteiger partial charge >= 0.3 is 0 Å². The van der Waals surface area contributed by atoms with E-state index in [2.05, 4.69) is 15.8 Å². The molecule has 1 aromatic heterocycles. The first-order chi connectivity index (χ1) is 13.6. The third kappa shape index (κ3) is 4.24. The summed E-state index contributed by atoms with van der Waals surface area (Å²) in [5.74, 6) is 1.86. The van der Waals surface area contributed by atoms with Gasteiger partial charge in [-0.15, -0.1) is 11.8 Å². The van der Waals surface area contributed by atoms with Crippen LogP contribution in [-0.4, -0.2) is 16.8 Å². The van der Waals surface area contributed by atoms with Crippen LogP contribution < -0.4 is 10.6 Å². The van der Waals surface area contributed by atoms with Gasteiger partial charge in [-0.05, 0) is 48.4 Å². The van der Waals surface area contributed by atoms with Gasteiger partial charge in [-0.1, -0.05) is 47.1 Å². The number of carbonyl (C=O) groups excluding carboxylic acids is 1. The Bertz CT molecular complexity index is 977. The molecule has 0 bridgehead atoms. The summed E-state index contributed by atoms with van der Waals surface area (Å²) in [6.07, 6.45) is 0.914. The highest BCUT2D eigenvalue weighted by molar-refractivity contribution is 7.99. The van der Waals surface area contributed by atoms with E-state index in [1.54, 1.807) is 13.0 Å². The Hall–Kier alpha value is -2.28. The van der Waals surface area contributed by atoms with Gasteiger partial charge in [0.15, 0.2) is 5.82 Å². The number of benzene rings is 2. The molecule has 2 unspecified atom stereocenters. The van der Waals surface area contributed by atoms with Crippen molar-refractivity contribution >= 4 is 35.1 Å². The number of halogens is 1. The number of aryl methyl sites for hydroxylation is 1. The number of fused-ring (bicyclic) bond motifs is 1. The van der Waals surface area contributed by atoms with Gasteiger partial charge in [-0.25, -0.2) is 0 Å². The van der Waals surface area contributed by atoms with Crippen LogP contribution in [0.15, 0.2) is 64.0 Å². The van der Waals surface area contributed by atoms with E-state index in [1.165, 1.54) is 4.90 Å². The van der Waals surface area contributed by atoms with Crippen LogP contribution in [0.25, 0.3) is 0 Å². The van der Waals surface area contributed by atoms with Crippen LogP contribution in [-0.2, 0) is 4.79 Å². The minimum absolute atomic E-state index is 0.0324. The maximum absolute atomic E-state index is 13.1. The number of anilines is 1. The van der Waals surface area contributed by atoms with Crippen molar-refractivity contribution < 1.29 is 9.32 Å². The van der Waals surface area contributed by atoms with E-state index >= 15 is 0 Å². The zero-order valence-corrected chi connectivity index (χ0v) is 16.9. The summed E-state index contributed by atoms with van der Waals surface area (Å²) in [6.45, 7) is 1.79. The molecule has 2 aromatic carbocycles. The monoisotopic (exact) mass is 413 g/mol. The molecule has 0 saturated heterocycles. The van der Waals surface area contributed by atoms with Crippen molar-refractivity contribution in [1.82, 2.24) is 10.5 Å². The molecule has 0 fully saturated rings.